The number of hydrogen-bond acceptors (Lipinski definition) is 2. The minimum Gasteiger partial charge on any atom is -0.321 e. The van der Waals surface area contributed by atoms with Crippen LogP contribution in [0.1, 0.15) is 31.2 Å². The maximum absolute atomic E-state index is 13.8. The van der Waals surface area contributed by atoms with E-state index in [0.717, 1.165) is 35.7 Å². The molecule has 0 radical (unpaired) electrons. The summed E-state index contributed by atoms with van der Waals surface area (Å²) in [5, 5.41) is 0. The number of benzene rings is 1. The van der Waals surface area contributed by atoms with Crippen LogP contribution >= 0.6 is 27.7 Å². The summed E-state index contributed by atoms with van der Waals surface area (Å²) in [6.45, 7) is 0. The minimum absolute atomic E-state index is 0.173. The Labute approximate surface area is 108 Å². The van der Waals surface area contributed by atoms with Crippen LogP contribution in [-0.4, -0.2) is 6.26 Å². The topological polar surface area (TPSA) is 26.0 Å². The molecule has 0 spiro atoms. The van der Waals surface area contributed by atoms with Gasteiger partial charge in [0.25, 0.3) is 0 Å². The fourth-order valence-electron chi connectivity index (χ4n) is 2.34. The molecule has 1 aromatic carbocycles. The lowest BCUT2D eigenvalue weighted by atomic mass is 9.89. The Bertz CT molecular complexity index is 379. The molecule has 1 saturated carbocycles. The quantitative estimate of drug-likeness (QED) is 0.835. The maximum Gasteiger partial charge on any atom is 0.138 e. The number of hydrogen-bond donors (Lipinski definition) is 1. The van der Waals surface area contributed by atoms with Gasteiger partial charge in [-0.05, 0) is 52.7 Å². The first-order valence-corrected chi connectivity index (χ1v) is 7.41. The van der Waals surface area contributed by atoms with Gasteiger partial charge in [0, 0.05) is 10.0 Å². The molecule has 0 atom stereocenters. The summed E-state index contributed by atoms with van der Waals surface area (Å²) in [7, 11) is 0. The molecule has 1 aromatic rings. The van der Waals surface area contributed by atoms with E-state index >= 15 is 0 Å². The van der Waals surface area contributed by atoms with E-state index in [4.69, 9.17) is 5.73 Å². The Morgan fingerprint density at radius 1 is 1.38 bits per heavy atom. The van der Waals surface area contributed by atoms with E-state index in [-0.39, 0.29) is 11.4 Å². The van der Waals surface area contributed by atoms with E-state index in [1.807, 2.05) is 12.3 Å². The predicted octanol–water partition coefficient (Wildman–Crippen LogP) is 4.04. The molecule has 2 rings (SSSR count). The Hall–Kier alpha value is -0.0600. The van der Waals surface area contributed by atoms with Crippen LogP contribution < -0.4 is 5.73 Å². The monoisotopic (exact) mass is 303 g/mol. The van der Waals surface area contributed by atoms with Gasteiger partial charge < -0.3 is 5.73 Å². The van der Waals surface area contributed by atoms with Crippen molar-refractivity contribution in [2.75, 3.05) is 6.26 Å². The maximum atomic E-state index is 13.8. The summed E-state index contributed by atoms with van der Waals surface area (Å²) >= 11 is 4.82. The first kappa shape index (κ1) is 12.4. The summed E-state index contributed by atoms with van der Waals surface area (Å²) in [5.74, 6) is -0.173. The number of nitrogens with two attached hydrogens (primary N) is 1. The first-order valence-electron chi connectivity index (χ1n) is 5.39. The van der Waals surface area contributed by atoms with E-state index in [9.17, 15) is 4.39 Å². The van der Waals surface area contributed by atoms with E-state index in [0.29, 0.717) is 4.90 Å². The van der Waals surface area contributed by atoms with Crippen LogP contribution in [-0.2, 0) is 5.54 Å². The molecule has 0 amide bonds. The second-order valence-corrected chi connectivity index (χ2v) is 6.01. The van der Waals surface area contributed by atoms with Crippen molar-refractivity contribution < 1.29 is 4.39 Å². The average Bonchev–Trinajstić information content (AvgIpc) is 2.66. The lowest BCUT2D eigenvalue weighted by Gasteiger charge is -2.25. The smallest absolute Gasteiger partial charge is 0.138 e. The van der Waals surface area contributed by atoms with Crippen LogP contribution in [0, 0.1) is 5.82 Å². The number of thioether (sulfide) groups is 1. The molecule has 0 unspecified atom stereocenters. The fourth-order valence-corrected chi connectivity index (χ4v) is 3.77. The Balaban J connectivity index is 2.43. The van der Waals surface area contributed by atoms with Crippen molar-refractivity contribution in [2.24, 2.45) is 5.73 Å². The number of halogens is 2. The zero-order valence-electron chi connectivity index (χ0n) is 9.22. The molecular weight excluding hydrogens is 289 g/mol. The van der Waals surface area contributed by atoms with Gasteiger partial charge in [-0.3, -0.25) is 0 Å². The van der Waals surface area contributed by atoms with Crippen molar-refractivity contribution in [3.8, 4) is 0 Å². The van der Waals surface area contributed by atoms with Gasteiger partial charge in [-0.1, -0.05) is 12.8 Å². The van der Waals surface area contributed by atoms with E-state index in [1.165, 1.54) is 11.8 Å². The highest BCUT2D eigenvalue weighted by molar-refractivity contribution is 9.10. The fraction of sp³-hybridized carbons (Fsp3) is 0.500. The second-order valence-electron chi connectivity index (χ2n) is 4.34. The minimum atomic E-state index is -0.319. The molecule has 1 nitrogen and oxygen atoms in total. The molecule has 0 saturated heterocycles. The van der Waals surface area contributed by atoms with Gasteiger partial charge in [0.1, 0.15) is 5.82 Å². The van der Waals surface area contributed by atoms with Gasteiger partial charge in [-0.25, -0.2) is 4.39 Å². The molecule has 1 aliphatic rings. The van der Waals surface area contributed by atoms with Gasteiger partial charge in [-0.15, -0.1) is 11.8 Å². The van der Waals surface area contributed by atoms with Crippen LogP contribution in [0.3, 0.4) is 0 Å². The lowest BCUT2D eigenvalue weighted by molar-refractivity contribution is 0.456. The predicted molar refractivity (Wildman–Crippen MR) is 70.2 cm³/mol. The second kappa shape index (κ2) is 4.67. The first-order chi connectivity index (χ1) is 7.57. The van der Waals surface area contributed by atoms with E-state index in [1.54, 1.807) is 6.07 Å². The van der Waals surface area contributed by atoms with Gasteiger partial charge in [0.15, 0.2) is 0 Å². The molecule has 2 N–H and O–H groups in total. The summed E-state index contributed by atoms with van der Waals surface area (Å²) in [6.07, 6.45) is 6.06. The molecule has 1 fully saturated rings. The van der Waals surface area contributed by atoms with Crippen LogP contribution in [0.2, 0.25) is 0 Å². The summed E-state index contributed by atoms with van der Waals surface area (Å²) in [6, 6.07) is 3.57. The molecule has 4 heteroatoms. The van der Waals surface area contributed by atoms with Crippen molar-refractivity contribution in [2.45, 2.75) is 36.1 Å². The molecule has 0 heterocycles. The third-order valence-corrected chi connectivity index (χ3v) is 4.98. The van der Waals surface area contributed by atoms with E-state index in [2.05, 4.69) is 15.9 Å². The summed E-state index contributed by atoms with van der Waals surface area (Å²) in [4.78, 5) is 0.658. The average molecular weight is 304 g/mol. The third-order valence-electron chi connectivity index (χ3n) is 3.27. The van der Waals surface area contributed by atoms with Crippen molar-refractivity contribution in [1.29, 1.82) is 0 Å². The number of rotatable bonds is 2. The third kappa shape index (κ3) is 2.15. The van der Waals surface area contributed by atoms with Gasteiger partial charge in [0.05, 0.1) is 4.90 Å². The molecule has 0 bridgehead atoms. The summed E-state index contributed by atoms with van der Waals surface area (Å²) < 4.78 is 14.6. The molecule has 16 heavy (non-hydrogen) atoms. The molecular formula is C12H15BrFNS. The van der Waals surface area contributed by atoms with Gasteiger partial charge in [-0.2, -0.15) is 0 Å². The van der Waals surface area contributed by atoms with Crippen LogP contribution in [0.15, 0.2) is 21.5 Å². The van der Waals surface area contributed by atoms with Crippen molar-refractivity contribution in [3.63, 3.8) is 0 Å². The Morgan fingerprint density at radius 2 is 2.00 bits per heavy atom. The highest BCUT2D eigenvalue weighted by Gasteiger charge is 2.32. The van der Waals surface area contributed by atoms with Gasteiger partial charge >= 0.3 is 0 Å². The van der Waals surface area contributed by atoms with Crippen molar-refractivity contribution in [3.05, 3.63) is 28.0 Å². The Kier molecular flexibility index (Phi) is 3.62. The molecule has 88 valence electrons. The largest absolute Gasteiger partial charge is 0.321 e. The van der Waals surface area contributed by atoms with Crippen molar-refractivity contribution in [1.82, 2.24) is 0 Å². The normalized spacial score (nSPS) is 19.0. The highest BCUT2D eigenvalue weighted by atomic mass is 79.9. The van der Waals surface area contributed by atoms with Crippen molar-refractivity contribution >= 4 is 27.7 Å². The molecule has 0 aromatic heterocycles. The Morgan fingerprint density at radius 3 is 2.50 bits per heavy atom. The molecule has 1 aliphatic carbocycles. The zero-order valence-corrected chi connectivity index (χ0v) is 11.6. The lowest BCUT2D eigenvalue weighted by Crippen LogP contribution is -2.33. The van der Waals surface area contributed by atoms with Crippen LogP contribution in [0.25, 0.3) is 0 Å². The van der Waals surface area contributed by atoms with Crippen LogP contribution in [0.4, 0.5) is 4.39 Å². The standard InChI is InChI=1S/C12H15BrFNS/c1-16-11-9(13)6-8(7-10(11)14)12(15)4-2-3-5-12/h6-7H,2-5,15H2,1H3. The summed E-state index contributed by atoms with van der Waals surface area (Å²) in [5.41, 5.74) is 6.92. The molecule has 0 aliphatic heterocycles. The van der Waals surface area contributed by atoms with E-state index < -0.39 is 0 Å². The van der Waals surface area contributed by atoms with Gasteiger partial charge in [0.2, 0.25) is 0 Å². The van der Waals surface area contributed by atoms with Crippen LogP contribution in [0.5, 0.6) is 0 Å². The zero-order chi connectivity index (χ0) is 11.8. The highest BCUT2D eigenvalue weighted by Crippen LogP contribution is 2.39. The SMILES string of the molecule is CSc1c(F)cc(C2(N)CCCC2)cc1Br.